The largest absolute Gasteiger partial charge is 0.464 e. The molecule has 5 aromatic rings. The van der Waals surface area contributed by atoms with Gasteiger partial charge in [0.1, 0.15) is 12.9 Å². The molecule has 22 nitrogen and oxygen atoms in total. The number of methoxy groups -OCH3 is 1. The molecule has 226 valence electrons. The summed E-state index contributed by atoms with van der Waals surface area (Å²) in [5.41, 5.74) is 13.6. The molecule has 0 bridgehead atoms. The number of carbonyl (C=O) groups excluding carboxylic acids is 2. The Bertz CT molecular complexity index is 1830. The van der Waals surface area contributed by atoms with Gasteiger partial charge in [-0.1, -0.05) is 10.4 Å². The van der Waals surface area contributed by atoms with E-state index >= 15 is 0 Å². The van der Waals surface area contributed by atoms with E-state index in [9.17, 15) is 14.7 Å². The van der Waals surface area contributed by atoms with Gasteiger partial charge in [0.2, 0.25) is 23.1 Å². The average molecular weight is 605 g/mol. The van der Waals surface area contributed by atoms with Gasteiger partial charge in [0.15, 0.2) is 40.3 Å². The Kier molecular flexibility index (Phi) is 7.64. The van der Waals surface area contributed by atoms with E-state index in [2.05, 4.69) is 61.2 Å². The highest BCUT2D eigenvalue weighted by Crippen LogP contribution is 2.33. The number of Topliss-reactive ketones (excluding diaryl/α,β-unsaturated/α-hetero) is 1. The number of hydrogen-bond donors (Lipinski definition) is 3. The van der Waals surface area contributed by atoms with Crippen molar-refractivity contribution in [2.75, 3.05) is 25.2 Å². The molecule has 0 aliphatic rings. The molecule has 0 aliphatic carbocycles. The van der Waals surface area contributed by atoms with Crippen molar-refractivity contribution in [1.82, 2.24) is 59.5 Å². The first kappa shape index (κ1) is 29.2. The van der Waals surface area contributed by atoms with E-state index in [0.717, 1.165) is 0 Å². The molecule has 5 aromatic heterocycles. The zero-order valence-electron chi connectivity index (χ0n) is 23.8. The Morgan fingerprint density at radius 3 is 1.80 bits per heavy atom. The molecule has 0 radical (unpaired) electrons. The van der Waals surface area contributed by atoms with Gasteiger partial charge in [-0.05, 0) is 13.8 Å². The van der Waals surface area contributed by atoms with Crippen molar-refractivity contribution >= 4 is 46.4 Å². The number of aliphatic hydroxyl groups is 1. The number of nitrogens with zero attached hydrogens (tertiary/aromatic N) is 16. The van der Waals surface area contributed by atoms with Crippen LogP contribution in [0.4, 0.5) is 34.6 Å². The standard InChI is InChI=1S/C22H24N18O4/c1-9-14(27-31-20-16(11(42)7-41)29-35-37(20)3)18(23)39(33-9)12-6-13(26-8-25-12)40-19(24)15(10(2)34-40)28-32-21-17(22(43)44-5)30-36-38(21)4/h6,8,41H,7,23-24H2,1-5H3/b31-27+,32-28+. The molecule has 0 saturated carbocycles. The lowest BCUT2D eigenvalue weighted by Crippen LogP contribution is -2.09. The van der Waals surface area contributed by atoms with Crippen molar-refractivity contribution < 1.29 is 19.4 Å². The zero-order chi connectivity index (χ0) is 31.7. The maximum atomic E-state index is 12.0. The Morgan fingerprint density at radius 1 is 0.841 bits per heavy atom. The number of azo groups is 2. The third kappa shape index (κ3) is 5.11. The number of aromatic nitrogens is 12. The van der Waals surface area contributed by atoms with Crippen LogP contribution in [0, 0.1) is 13.8 Å². The topological polar surface area (TPSA) is 288 Å². The van der Waals surface area contributed by atoms with Crippen LogP contribution in [0.2, 0.25) is 0 Å². The minimum Gasteiger partial charge on any atom is -0.464 e. The van der Waals surface area contributed by atoms with Crippen LogP contribution in [0.25, 0.3) is 11.6 Å². The number of hydrogen-bond acceptors (Lipinski definition) is 18. The van der Waals surface area contributed by atoms with E-state index in [1.54, 1.807) is 13.8 Å². The summed E-state index contributed by atoms with van der Waals surface area (Å²) in [6.07, 6.45) is 1.26. The summed E-state index contributed by atoms with van der Waals surface area (Å²) in [4.78, 5) is 32.4. The first-order valence-corrected chi connectivity index (χ1v) is 12.4. The Balaban J connectivity index is 1.47. The molecule has 0 fully saturated rings. The minimum atomic E-state index is -0.765. The van der Waals surface area contributed by atoms with Crippen LogP contribution in [0.3, 0.4) is 0 Å². The van der Waals surface area contributed by atoms with Crippen molar-refractivity contribution in [2.24, 2.45) is 34.6 Å². The molecule has 22 heteroatoms. The third-order valence-electron chi connectivity index (χ3n) is 6.07. The van der Waals surface area contributed by atoms with Gasteiger partial charge in [0, 0.05) is 20.2 Å². The number of anilines is 2. The fourth-order valence-electron chi connectivity index (χ4n) is 3.85. The monoisotopic (exact) mass is 604 g/mol. The second kappa shape index (κ2) is 11.5. The molecule has 5 rings (SSSR count). The summed E-state index contributed by atoms with van der Waals surface area (Å²) in [7, 11) is 4.27. The van der Waals surface area contributed by atoms with Gasteiger partial charge in [-0.2, -0.15) is 19.6 Å². The number of carbonyl (C=O) groups is 2. The molecule has 44 heavy (non-hydrogen) atoms. The molecule has 0 unspecified atom stereocenters. The summed E-state index contributed by atoms with van der Waals surface area (Å²) in [5.74, 6) is -0.658. The van der Waals surface area contributed by atoms with Gasteiger partial charge >= 0.3 is 5.97 Å². The molecule has 0 atom stereocenters. The SMILES string of the molecule is COC(=O)c1nnn(C)c1/N=N/c1c(C)nn(-c2cc(-n3nc(C)c(/N=N/c4c(C(=O)CO)nnn4C)c3N)ncn2)c1N. The highest BCUT2D eigenvalue weighted by atomic mass is 16.5. The molecule has 0 saturated heterocycles. The Hall–Kier alpha value is -6.32. The number of esters is 1. The van der Waals surface area contributed by atoms with Crippen LogP contribution in [0.1, 0.15) is 32.4 Å². The molecular weight excluding hydrogens is 580 g/mol. The Morgan fingerprint density at radius 2 is 1.32 bits per heavy atom. The average Bonchev–Trinajstić information content (AvgIpc) is 3.74. The van der Waals surface area contributed by atoms with Crippen molar-refractivity contribution in [3.8, 4) is 11.6 Å². The lowest BCUT2D eigenvalue weighted by molar-refractivity contribution is 0.0594. The summed E-state index contributed by atoms with van der Waals surface area (Å²) in [5, 5.41) is 49.5. The lowest BCUT2D eigenvalue weighted by Gasteiger charge is -2.06. The predicted molar refractivity (Wildman–Crippen MR) is 148 cm³/mol. The summed E-state index contributed by atoms with van der Waals surface area (Å²) in [6, 6.07) is 1.52. The number of aryl methyl sites for hydroxylation is 4. The first-order chi connectivity index (χ1) is 21.0. The van der Waals surface area contributed by atoms with E-state index in [4.69, 9.17) is 16.2 Å². The summed E-state index contributed by atoms with van der Waals surface area (Å²) < 4.78 is 9.82. The fourth-order valence-corrected chi connectivity index (χ4v) is 3.85. The molecular formula is C22H24N18O4. The molecule has 0 amide bonds. The van der Waals surface area contributed by atoms with Gasteiger partial charge in [0.05, 0.1) is 18.5 Å². The summed E-state index contributed by atoms with van der Waals surface area (Å²) >= 11 is 0. The number of ether oxygens (including phenoxy) is 1. The maximum Gasteiger partial charge on any atom is 0.362 e. The van der Waals surface area contributed by atoms with Gasteiger partial charge < -0.3 is 21.3 Å². The van der Waals surface area contributed by atoms with E-state index in [-0.39, 0.29) is 57.7 Å². The van der Waals surface area contributed by atoms with Crippen molar-refractivity contribution in [2.45, 2.75) is 13.8 Å². The van der Waals surface area contributed by atoms with Crippen LogP contribution in [-0.2, 0) is 18.8 Å². The molecule has 5 N–H and O–H groups in total. The van der Waals surface area contributed by atoms with Crippen molar-refractivity contribution in [3.05, 3.63) is 35.2 Å². The van der Waals surface area contributed by atoms with Crippen molar-refractivity contribution in [1.29, 1.82) is 0 Å². The number of ketones is 1. The van der Waals surface area contributed by atoms with E-state index < -0.39 is 18.4 Å². The fraction of sp³-hybridized carbons (Fsp3) is 0.273. The number of rotatable bonds is 9. The predicted octanol–water partition coefficient (Wildman–Crippen LogP) is 0.679. The molecule has 0 aliphatic heterocycles. The van der Waals surface area contributed by atoms with E-state index in [1.165, 1.54) is 52.3 Å². The second-order valence-electron chi connectivity index (χ2n) is 8.94. The van der Waals surface area contributed by atoms with Gasteiger partial charge in [-0.15, -0.1) is 30.7 Å². The molecule has 5 heterocycles. The lowest BCUT2D eigenvalue weighted by atomic mass is 10.3. The summed E-state index contributed by atoms with van der Waals surface area (Å²) in [6.45, 7) is 2.55. The van der Waals surface area contributed by atoms with Crippen LogP contribution in [-0.4, -0.2) is 90.1 Å². The second-order valence-corrected chi connectivity index (χ2v) is 8.94. The van der Waals surface area contributed by atoms with E-state index in [0.29, 0.717) is 11.4 Å². The highest BCUT2D eigenvalue weighted by molar-refractivity contribution is 5.98. The Labute approximate surface area is 246 Å². The normalized spacial score (nSPS) is 11.7. The highest BCUT2D eigenvalue weighted by Gasteiger charge is 2.22. The quantitative estimate of drug-likeness (QED) is 0.118. The zero-order valence-corrected chi connectivity index (χ0v) is 23.8. The third-order valence-corrected chi connectivity index (χ3v) is 6.07. The van der Waals surface area contributed by atoms with Crippen molar-refractivity contribution in [3.63, 3.8) is 0 Å². The van der Waals surface area contributed by atoms with Gasteiger partial charge in [-0.3, -0.25) is 4.79 Å². The van der Waals surface area contributed by atoms with Gasteiger partial charge in [-0.25, -0.2) is 24.1 Å². The number of nitrogens with two attached hydrogens (primary N) is 2. The van der Waals surface area contributed by atoms with E-state index in [1.807, 2.05) is 0 Å². The smallest absolute Gasteiger partial charge is 0.362 e. The number of nitrogen functional groups attached to an aromatic ring is 2. The maximum absolute atomic E-state index is 12.0. The van der Waals surface area contributed by atoms with Crippen LogP contribution >= 0.6 is 0 Å². The number of aliphatic hydroxyl groups excluding tert-OH is 1. The van der Waals surface area contributed by atoms with Crippen LogP contribution in [0.15, 0.2) is 32.9 Å². The van der Waals surface area contributed by atoms with Crippen LogP contribution < -0.4 is 11.5 Å². The molecule has 0 aromatic carbocycles. The van der Waals surface area contributed by atoms with Gasteiger partial charge in [0.25, 0.3) is 0 Å². The van der Waals surface area contributed by atoms with Crippen LogP contribution in [0.5, 0.6) is 0 Å². The first-order valence-electron chi connectivity index (χ1n) is 12.4. The molecule has 0 spiro atoms. The minimum absolute atomic E-state index is 0.0265.